The first-order valence-electron chi connectivity index (χ1n) is 10.7. The fourth-order valence-electron chi connectivity index (χ4n) is 5.17. The van der Waals surface area contributed by atoms with Gasteiger partial charge in [0.2, 0.25) is 5.91 Å². The van der Waals surface area contributed by atoms with Gasteiger partial charge in [-0.25, -0.2) is 0 Å². The third-order valence-corrected chi connectivity index (χ3v) is 6.66. The molecule has 1 fully saturated rings. The Morgan fingerprint density at radius 1 is 1.19 bits per heavy atom. The van der Waals surface area contributed by atoms with Gasteiger partial charge in [-0.05, 0) is 18.6 Å². The maximum Gasteiger partial charge on any atom is 0.390 e. The number of carbonyl (C=O) groups excluding carboxylic acids is 1. The third kappa shape index (κ3) is 4.19. The molecule has 32 heavy (non-hydrogen) atoms. The van der Waals surface area contributed by atoms with E-state index < -0.39 is 36.5 Å². The molecule has 2 aromatic rings. The van der Waals surface area contributed by atoms with Gasteiger partial charge in [-0.15, -0.1) is 0 Å². The van der Waals surface area contributed by atoms with E-state index in [0.29, 0.717) is 5.69 Å². The summed E-state index contributed by atoms with van der Waals surface area (Å²) < 4.78 is 40.6. The van der Waals surface area contributed by atoms with E-state index >= 15 is 0 Å². The predicted octanol–water partition coefficient (Wildman–Crippen LogP) is 2.64. The van der Waals surface area contributed by atoms with Gasteiger partial charge in [-0.1, -0.05) is 36.4 Å². The van der Waals surface area contributed by atoms with Gasteiger partial charge in [0.25, 0.3) is 5.56 Å². The number of fused-ring (bicyclic) bond motifs is 4. The molecule has 0 aliphatic carbocycles. The lowest BCUT2D eigenvalue weighted by molar-refractivity contribution is -0.140. The molecule has 3 heterocycles. The fourth-order valence-corrected chi connectivity index (χ4v) is 5.17. The molecule has 0 radical (unpaired) electrons. The SMILES string of the molecule is C[C@H](NC(=O)[C@H]1[C@H](CO)[C@H]2Cn3c(cccc3=O)[C@@H]1N2CCC(F)(F)F)c1ccccc1. The standard InChI is InChI=1S/C23H26F3N3O3/c1-14(15-6-3-2-4-7-15)27-22(32)20-16(13-30)18-12-29-17(8-5-9-19(29)31)21(20)28(18)11-10-23(24,25)26/h2-9,14,16,18,20-21,30H,10-13H2,1H3,(H,27,32)/t14-,16+,18+,20-,21-/m0/s1. The molecule has 1 aromatic heterocycles. The van der Waals surface area contributed by atoms with Gasteiger partial charge in [-0.2, -0.15) is 13.2 Å². The van der Waals surface area contributed by atoms with Crippen molar-refractivity contribution in [3.8, 4) is 0 Å². The van der Waals surface area contributed by atoms with Crippen molar-refractivity contribution >= 4 is 5.91 Å². The van der Waals surface area contributed by atoms with Gasteiger partial charge < -0.3 is 15.0 Å². The lowest BCUT2D eigenvalue weighted by Crippen LogP contribution is -2.47. The number of pyridine rings is 1. The number of aliphatic hydroxyl groups is 1. The molecule has 2 bridgehead atoms. The Bertz CT molecular complexity index is 1020. The number of rotatable bonds is 6. The Labute approximate surface area is 183 Å². The van der Waals surface area contributed by atoms with Crippen LogP contribution >= 0.6 is 0 Å². The molecule has 1 saturated heterocycles. The highest BCUT2D eigenvalue weighted by Crippen LogP contribution is 2.48. The summed E-state index contributed by atoms with van der Waals surface area (Å²) in [5.41, 5.74) is 1.15. The fraction of sp³-hybridized carbons (Fsp3) is 0.478. The highest BCUT2D eigenvalue weighted by atomic mass is 19.4. The van der Waals surface area contributed by atoms with Crippen LogP contribution in [0, 0.1) is 11.8 Å². The molecular weight excluding hydrogens is 423 g/mol. The van der Waals surface area contributed by atoms with E-state index in [4.69, 9.17) is 0 Å². The molecular formula is C23H26F3N3O3. The quantitative estimate of drug-likeness (QED) is 0.711. The largest absolute Gasteiger partial charge is 0.396 e. The van der Waals surface area contributed by atoms with Crippen LogP contribution in [0.4, 0.5) is 13.2 Å². The van der Waals surface area contributed by atoms with Gasteiger partial charge in [-0.3, -0.25) is 14.5 Å². The summed E-state index contributed by atoms with van der Waals surface area (Å²) in [4.78, 5) is 27.5. The van der Waals surface area contributed by atoms with Crippen LogP contribution in [0.15, 0.2) is 53.3 Å². The molecule has 2 aliphatic heterocycles. The molecule has 9 heteroatoms. The molecule has 4 rings (SSSR count). The van der Waals surface area contributed by atoms with Crippen molar-refractivity contribution < 1.29 is 23.1 Å². The molecule has 172 valence electrons. The number of nitrogens with zero attached hydrogens (tertiary/aromatic N) is 2. The van der Waals surface area contributed by atoms with Crippen LogP contribution < -0.4 is 10.9 Å². The van der Waals surface area contributed by atoms with Crippen LogP contribution in [0.2, 0.25) is 0 Å². The summed E-state index contributed by atoms with van der Waals surface area (Å²) in [6.07, 6.45) is -5.37. The third-order valence-electron chi connectivity index (χ3n) is 6.66. The highest BCUT2D eigenvalue weighted by Gasteiger charge is 2.56. The van der Waals surface area contributed by atoms with E-state index in [1.807, 2.05) is 37.3 Å². The van der Waals surface area contributed by atoms with Crippen molar-refractivity contribution in [2.24, 2.45) is 11.8 Å². The number of carbonyl (C=O) groups is 1. The average molecular weight is 449 g/mol. The zero-order valence-electron chi connectivity index (χ0n) is 17.6. The zero-order chi connectivity index (χ0) is 23.0. The van der Waals surface area contributed by atoms with Crippen LogP contribution in [0.25, 0.3) is 0 Å². The lowest BCUT2D eigenvalue weighted by Gasteiger charge is -2.38. The molecule has 1 amide bonds. The number of halogens is 3. The number of hydrogen-bond acceptors (Lipinski definition) is 4. The summed E-state index contributed by atoms with van der Waals surface area (Å²) in [6.45, 7) is 1.33. The van der Waals surface area contributed by atoms with E-state index in [1.54, 1.807) is 17.0 Å². The summed E-state index contributed by atoms with van der Waals surface area (Å²) in [5, 5.41) is 13.1. The second-order valence-electron chi connectivity index (χ2n) is 8.53. The lowest BCUT2D eigenvalue weighted by atomic mass is 9.86. The molecule has 0 spiro atoms. The van der Waals surface area contributed by atoms with E-state index in [0.717, 1.165) is 5.56 Å². The number of hydrogen-bond donors (Lipinski definition) is 2. The van der Waals surface area contributed by atoms with Crippen LogP contribution in [0.1, 0.15) is 36.7 Å². The molecule has 2 aliphatic rings. The molecule has 0 unspecified atom stereocenters. The minimum Gasteiger partial charge on any atom is -0.396 e. The number of nitrogens with one attached hydrogen (secondary N) is 1. The zero-order valence-corrected chi connectivity index (χ0v) is 17.6. The Morgan fingerprint density at radius 3 is 2.56 bits per heavy atom. The van der Waals surface area contributed by atoms with E-state index in [9.17, 15) is 27.9 Å². The molecule has 2 N–H and O–H groups in total. The molecule has 1 aromatic carbocycles. The van der Waals surface area contributed by atoms with Crippen molar-refractivity contribution in [2.75, 3.05) is 13.2 Å². The molecule has 0 saturated carbocycles. The van der Waals surface area contributed by atoms with Gasteiger partial charge in [0, 0.05) is 43.4 Å². The van der Waals surface area contributed by atoms with Crippen LogP contribution in [-0.4, -0.2) is 45.9 Å². The normalized spacial score (nSPS) is 25.9. The summed E-state index contributed by atoms with van der Waals surface area (Å²) >= 11 is 0. The first kappa shape index (κ1) is 22.5. The number of aromatic nitrogens is 1. The van der Waals surface area contributed by atoms with Crippen molar-refractivity contribution in [1.29, 1.82) is 0 Å². The average Bonchev–Trinajstić information content (AvgIpc) is 2.98. The maximum absolute atomic E-state index is 13.4. The van der Waals surface area contributed by atoms with Gasteiger partial charge in [0.1, 0.15) is 0 Å². The van der Waals surface area contributed by atoms with Crippen molar-refractivity contribution in [1.82, 2.24) is 14.8 Å². The Morgan fingerprint density at radius 2 is 1.91 bits per heavy atom. The molecule has 6 nitrogen and oxygen atoms in total. The van der Waals surface area contributed by atoms with Crippen LogP contribution in [-0.2, 0) is 11.3 Å². The summed E-state index contributed by atoms with van der Waals surface area (Å²) in [6, 6.07) is 12.4. The Kier molecular flexibility index (Phi) is 6.13. The second kappa shape index (κ2) is 8.71. The van der Waals surface area contributed by atoms with E-state index in [2.05, 4.69) is 5.32 Å². The second-order valence-corrected chi connectivity index (χ2v) is 8.53. The number of aliphatic hydroxyl groups excluding tert-OH is 1. The monoisotopic (exact) mass is 449 g/mol. The predicted molar refractivity (Wildman–Crippen MR) is 112 cm³/mol. The van der Waals surface area contributed by atoms with Gasteiger partial charge in [0.15, 0.2) is 0 Å². The van der Waals surface area contributed by atoms with Gasteiger partial charge >= 0.3 is 6.18 Å². The number of alkyl halides is 3. The van der Waals surface area contributed by atoms with Crippen molar-refractivity contribution in [2.45, 2.75) is 44.2 Å². The summed E-state index contributed by atoms with van der Waals surface area (Å²) in [7, 11) is 0. The van der Waals surface area contributed by atoms with Crippen molar-refractivity contribution in [3.05, 3.63) is 70.1 Å². The minimum atomic E-state index is -4.35. The smallest absolute Gasteiger partial charge is 0.390 e. The molecule has 5 atom stereocenters. The van der Waals surface area contributed by atoms with Crippen LogP contribution in [0.3, 0.4) is 0 Å². The highest BCUT2D eigenvalue weighted by molar-refractivity contribution is 5.81. The maximum atomic E-state index is 13.4. The Balaban J connectivity index is 1.69. The van der Waals surface area contributed by atoms with E-state index in [1.165, 1.54) is 10.6 Å². The number of benzene rings is 1. The topological polar surface area (TPSA) is 74.6 Å². The van der Waals surface area contributed by atoms with Crippen molar-refractivity contribution in [3.63, 3.8) is 0 Å². The number of amides is 1. The first-order chi connectivity index (χ1) is 15.2. The van der Waals surface area contributed by atoms with Gasteiger partial charge in [0.05, 0.1) is 24.4 Å². The minimum absolute atomic E-state index is 0.145. The van der Waals surface area contributed by atoms with Crippen LogP contribution in [0.5, 0.6) is 0 Å². The van der Waals surface area contributed by atoms with E-state index in [-0.39, 0.29) is 37.2 Å². The Hall–Kier alpha value is -2.65. The summed E-state index contributed by atoms with van der Waals surface area (Å²) in [5.74, 6) is -1.70. The first-order valence-corrected chi connectivity index (χ1v) is 10.7.